The molecule has 1 unspecified atom stereocenters. The van der Waals surface area contributed by atoms with Crippen LogP contribution >= 0.6 is 0 Å². The van der Waals surface area contributed by atoms with Crippen molar-refractivity contribution in [1.29, 1.82) is 0 Å². The Morgan fingerprint density at radius 2 is 1.49 bits per heavy atom. The molecule has 0 spiro atoms. The fraction of sp³-hybridized carbons (Fsp3) is 0.417. The number of ether oxygens (including phenoxy) is 5. The summed E-state index contributed by atoms with van der Waals surface area (Å²) in [5, 5.41) is 9.25. The van der Waals surface area contributed by atoms with E-state index in [1.54, 1.807) is 41.4 Å². The highest BCUT2D eigenvalue weighted by atomic mass is 16.5. The van der Waals surface area contributed by atoms with Crippen LogP contribution in [-0.2, 0) is 16.0 Å². The summed E-state index contributed by atoms with van der Waals surface area (Å²) in [6, 6.07) is 10.9. The minimum absolute atomic E-state index is 0.0564. The molecule has 47 heavy (non-hydrogen) atoms. The van der Waals surface area contributed by atoms with Crippen molar-refractivity contribution >= 4 is 17.5 Å². The maximum absolute atomic E-state index is 13.8. The highest BCUT2D eigenvalue weighted by molar-refractivity contribution is 5.86. The van der Waals surface area contributed by atoms with Crippen LogP contribution in [0.1, 0.15) is 62.9 Å². The molecule has 3 aromatic carbocycles. The molecule has 1 aliphatic carbocycles. The Labute approximate surface area is 275 Å². The summed E-state index contributed by atoms with van der Waals surface area (Å²) in [4.78, 5) is 39.6. The van der Waals surface area contributed by atoms with Crippen LogP contribution in [0.15, 0.2) is 47.3 Å². The van der Waals surface area contributed by atoms with Crippen LogP contribution in [0.25, 0.3) is 11.1 Å². The van der Waals surface area contributed by atoms with Gasteiger partial charge in [-0.25, -0.2) is 0 Å². The van der Waals surface area contributed by atoms with Crippen LogP contribution in [0, 0.1) is 5.92 Å². The van der Waals surface area contributed by atoms with Crippen LogP contribution in [-0.4, -0.2) is 53.4 Å². The molecule has 2 amide bonds. The van der Waals surface area contributed by atoms with Gasteiger partial charge in [-0.05, 0) is 78.3 Å². The first-order valence-corrected chi connectivity index (χ1v) is 15.5. The van der Waals surface area contributed by atoms with E-state index >= 15 is 0 Å². The quantitative estimate of drug-likeness (QED) is 0.243. The summed E-state index contributed by atoms with van der Waals surface area (Å²) in [6.07, 6.45) is 1.12. The zero-order valence-corrected chi connectivity index (χ0v) is 28.5. The van der Waals surface area contributed by atoms with E-state index in [1.165, 1.54) is 20.1 Å². The lowest BCUT2D eigenvalue weighted by Crippen LogP contribution is -2.41. The first kappa shape index (κ1) is 34.9. The van der Waals surface area contributed by atoms with E-state index in [4.69, 9.17) is 23.7 Å². The number of benzene rings is 2. The molecule has 0 bridgehead atoms. The van der Waals surface area contributed by atoms with Crippen LogP contribution in [0.5, 0.6) is 28.7 Å². The highest BCUT2D eigenvalue weighted by Gasteiger charge is 2.30. The van der Waals surface area contributed by atoms with Crippen LogP contribution in [0.2, 0.25) is 0 Å². The molecule has 0 heterocycles. The average Bonchev–Trinajstić information content (AvgIpc) is 3.30. The van der Waals surface area contributed by atoms with E-state index in [0.29, 0.717) is 52.7 Å². The molecular formula is C36H45N3O8. The molecular weight excluding hydrogens is 602 g/mol. The molecule has 0 saturated heterocycles. The van der Waals surface area contributed by atoms with E-state index in [0.717, 1.165) is 16.7 Å². The van der Waals surface area contributed by atoms with E-state index < -0.39 is 12.1 Å². The fourth-order valence-corrected chi connectivity index (χ4v) is 6.09. The third-order valence-electron chi connectivity index (χ3n) is 8.41. The van der Waals surface area contributed by atoms with Gasteiger partial charge in [0.25, 0.3) is 0 Å². The van der Waals surface area contributed by atoms with Crippen molar-refractivity contribution in [3.63, 3.8) is 0 Å². The number of aryl methyl sites for hydroxylation is 1. The second kappa shape index (κ2) is 15.1. The first-order chi connectivity index (χ1) is 22.5. The summed E-state index contributed by atoms with van der Waals surface area (Å²) in [5.74, 6) is 2.11. The number of methoxy groups -OCH3 is 5. The number of fused-ring (bicyclic) bond motifs is 3. The zero-order chi connectivity index (χ0) is 34.4. The zero-order valence-electron chi connectivity index (χ0n) is 28.5. The van der Waals surface area contributed by atoms with Crippen molar-refractivity contribution in [3.05, 3.63) is 69.4 Å². The van der Waals surface area contributed by atoms with Gasteiger partial charge in [0.15, 0.2) is 23.0 Å². The molecule has 11 heteroatoms. The Kier molecular flexibility index (Phi) is 11.2. The van der Waals surface area contributed by atoms with E-state index in [1.807, 2.05) is 44.2 Å². The third-order valence-corrected chi connectivity index (χ3v) is 8.41. The van der Waals surface area contributed by atoms with Crippen molar-refractivity contribution in [2.45, 2.75) is 58.7 Å². The second-order valence-electron chi connectivity index (χ2n) is 11.8. The maximum Gasteiger partial charge on any atom is 0.242 e. The number of carbonyl (C=O) groups excluding carboxylic acids is 2. The monoisotopic (exact) mass is 647 g/mol. The van der Waals surface area contributed by atoms with Crippen molar-refractivity contribution in [2.24, 2.45) is 5.92 Å². The Morgan fingerprint density at radius 3 is 2.09 bits per heavy atom. The molecule has 3 N–H and O–H groups in total. The number of rotatable bonds is 12. The van der Waals surface area contributed by atoms with Gasteiger partial charge in [0.05, 0.1) is 53.3 Å². The maximum atomic E-state index is 13.8. The van der Waals surface area contributed by atoms with Gasteiger partial charge < -0.3 is 39.6 Å². The Balaban J connectivity index is 1.73. The van der Waals surface area contributed by atoms with Crippen LogP contribution in [0.3, 0.4) is 0 Å². The number of hydrogen-bond acceptors (Lipinski definition) is 9. The molecule has 0 saturated carbocycles. The van der Waals surface area contributed by atoms with Crippen LogP contribution in [0.4, 0.5) is 5.69 Å². The largest absolute Gasteiger partial charge is 0.493 e. The van der Waals surface area contributed by atoms with Gasteiger partial charge in [-0.3, -0.25) is 14.4 Å². The van der Waals surface area contributed by atoms with Crippen LogP contribution < -0.4 is 45.1 Å². The first-order valence-electron chi connectivity index (χ1n) is 15.5. The fourth-order valence-electron chi connectivity index (χ4n) is 6.09. The van der Waals surface area contributed by atoms with Gasteiger partial charge in [0.1, 0.15) is 6.04 Å². The summed E-state index contributed by atoms with van der Waals surface area (Å²) < 4.78 is 28.0. The molecule has 0 aliphatic heterocycles. The van der Waals surface area contributed by atoms with Gasteiger partial charge >= 0.3 is 0 Å². The highest BCUT2D eigenvalue weighted by Crippen LogP contribution is 2.50. The lowest BCUT2D eigenvalue weighted by molar-refractivity contribution is -0.122. The summed E-state index contributed by atoms with van der Waals surface area (Å²) in [5.41, 5.74) is 3.76. The Bertz CT molecular complexity index is 1690. The van der Waals surface area contributed by atoms with Gasteiger partial charge in [-0.1, -0.05) is 26.0 Å². The normalized spacial score (nSPS) is 14.8. The predicted molar refractivity (Wildman–Crippen MR) is 181 cm³/mol. The number of carbonyl (C=O) groups is 2. The average molecular weight is 648 g/mol. The van der Waals surface area contributed by atoms with Gasteiger partial charge in [-0.2, -0.15) is 0 Å². The van der Waals surface area contributed by atoms with E-state index in [-0.39, 0.29) is 34.9 Å². The molecule has 4 rings (SSSR count). The number of amides is 2. The van der Waals surface area contributed by atoms with Crippen molar-refractivity contribution in [3.8, 4) is 39.9 Å². The number of nitrogens with one attached hydrogen (secondary N) is 3. The molecule has 11 nitrogen and oxygen atoms in total. The standard InChI is InChI=1S/C36H45N3O8/c1-19(2)33(23-11-15-29(43-5)30(17-23)44-6)39-36(42)20(3)37-27-14-12-24-25(18-28(27)41)26(38-21(4)40)13-10-22-16-31(45-7)34(46-8)35(47-9)32(22)24/h11-12,14-20,26,33H,10,13H2,1-9H3,(H,37,41)(H,38,40)(H,39,42)/t20-,26-,33?/m0/s1. The third kappa shape index (κ3) is 7.40. The predicted octanol–water partition coefficient (Wildman–Crippen LogP) is 5.19. The van der Waals surface area contributed by atoms with Crippen molar-refractivity contribution in [1.82, 2.24) is 10.6 Å². The molecule has 1 aliphatic rings. The molecule has 252 valence electrons. The second-order valence-corrected chi connectivity index (χ2v) is 11.8. The van der Waals surface area contributed by atoms with E-state index in [9.17, 15) is 14.4 Å². The van der Waals surface area contributed by atoms with Crippen molar-refractivity contribution in [2.75, 3.05) is 40.9 Å². The molecule has 0 radical (unpaired) electrons. The van der Waals surface area contributed by atoms with Gasteiger partial charge in [0.2, 0.25) is 23.0 Å². The van der Waals surface area contributed by atoms with Gasteiger partial charge in [0, 0.05) is 12.5 Å². The molecule has 0 aromatic heterocycles. The molecule has 3 aromatic rings. The lowest BCUT2D eigenvalue weighted by Gasteiger charge is -2.26. The number of hydrogen-bond donors (Lipinski definition) is 3. The minimum Gasteiger partial charge on any atom is -0.493 e. The summed E-state index contributed by atoms with van der Waals surface area (Å²) >= 11 is 0. The lowest BCUT2D eigenvalue weighted by atomic mass is 9.95. The van der Waals surface area contributed by atoms with Crippen molar-refractivity contribution < 1.29 is 33.3 Å². The number of anilines is 1. The minimum atomic E-state index is -0.761. The Hall–Kier alpha value is -4.93. The topological polar surface area (TPSA) is 133 Å². The summed E-state index contributed by atoms with van der Waals surface area (Å²) in [7, 11) is 7.78. The summed E-state index contributed by atoms with van der Waals surface area (Å²) in [6.45, 7) is 7.18. The SMILES string of the molecule is COc1ccc(C(NC(=O)[C@H](C)Nc2ccc3c(cc2=O)[C@@H](NC(C)=O)CCc2cc(OC)c(OC)c(OC)c2-3)C(C)C)cc1OC. The molecule has 0 fully saturated rings. The van der Waals surface area contributed by atoms with E-state index in [2.05, 4.69) is 16.0 Å². The molecule has 3 atom stereocenters. The smallest absolute Gasteiger partial charge is 0.242 e. The van der Waals surface area contributed by atoms with Gasteiger partial charge in [-0.15, -0.1) is 0 Å². The Morgan fingerprint density at radius 1 is 0.809 bits per heavy atom.